The van der Waals surface area contributed by atoms with Gasteiger partial charge in [-0.1, -0.05) is 149 Å². The van der Waals surface area contributed by atoms with Crippen LogP contribution in [0.3, 0.4) is 0 Å². The van der Waals surface area contributed by atoms with E-state index in [0.29, 0.717) is 0 Å². The normalized spacial score (nSPS) is 21.1. The Hall–Kier alpha value is -4.32. The van der Waals surface area contributed by atoms with Crippen molar-refractivity contribution in [3.05, 3.63) is 142 Å². The third-order valence-corrected chi connectivity index (χ3v) is 9.05. The molecule has 0 amide bonds. The molecule has 264 valence electrons. The zero-order valence-electron chi connectivity index (χ0n) is 27.0. The van der Waals surface area contributed by atoms with Crippen molar-refractivity contribution in [1.82, 2.24) is 0 Å². The molecule has 1 aliphatic carbocycles. The summed E-state index contributed by atoms with van der Waals surface area (Å²) in [6.45, 7) is 0.0886. The fraction of sp³-hybridized carbons (Fsp3) is 0.297. The van der Waals surface area contributed by atoms with Gasteiger partial charge in [-0.25, -0.2) is 4.79 Å². The lowest BCUT2D eigenvalue weighted by atomic mass is 9.96. The Morgan fingerprint density at radius 3 is 1.94 bits per heavy atom. The molecule has 6 rings (SSSR count). The predicted octanol–water partition coefficient (Wildman–Crippen LogP) is 8.89. The second kappa shape index (κ2) is 16.8. The minimum atomic E-state index is -2.25. The number of ether oxygens (including phenoxy) is 6. The summed E-state index contributed by atoms with van der Waals surface area (Å²) < 4.78 is 33.6. The first-order valence-corrected chi connectivity index (χ1v) is 17.2. The van der Waals surface area contributed by atoms with Crippen LogP contribution in [0.5, 0.6) is 0 Å². The van der Waals surface area contributed by atoms with Gasteiger partial charge in [0.25, 0.3) is 3.79 Å². The molecule has 1 fully saturated rings. The molecular formula is C37H33Cl3N4O7. The van der Waals surface area contributed by atoms with Gasteiger partial charge >= 0.3 is 6.16 Å². The monoisotopic (exact) mass is 750 g/mol. The maximum Gasteiger partial charge on any atom is 0.508 e. The molecule has 1 heterocycles. The van der Waals surface area contributed by atoms with E-state index in [1.807, 2.05) is 109 Å². The molecule has 2 aliphatic rings. The first kappa shape index (κ1) is 36.5. The quantitative estimate of drug-likeness (QED) is 0.0289. The molecule has 51 heavy (non-hydrogen) atoms. The molecule has 4 aromatic rings. The van der Waals surface area contributed by atoms with Crippen LogP contribution in [-0.4, -0.2) is 59.7 Å². The fourth-order valence-corrected chi connectivity index (χ4v) is 6.33. The smallest absolute Gasteiger partial charge is 0.448 e. The van der Waals surface area contributed by atoms with Gasteiger partial charge in [0, 0.05) is 10.8 Å². The Kier molecular flexibility index (Phi) is 12.0. The van der Waals surface area contributed by atoms with E-state index in [2.05, 4.69) is 10.0 Å². The lowest BCUT2D eigenvalue weighted by molar-refractivity contribution is -0.259. The molecule has 0 saturated carbocycles. The lowest BCUT2D eigenvalue weighted by Crippen LogP contribution is -2.61. The van der Waals surface area contributed by atoms with Crippen molar-refractivity contribution in [3.8, 4) is 11.1 Å². The molecule has 1 aliphatic heterocycles. The molecule has 1 N–H and O–H groups in total. The van der Waals surface area contributed by atoms with Gasteiger partial charge in [-0.3, -0.25) is 5.41 Å². The van der Waals surface area contributed by atoms with Crippen LogP contribution in [0.4, 0.5) is 4.79 Å². The van der Waals surface area contributed by atoms with E-state index in [0.717, 1.165) is 33.4 Å². The molecule has 11 nitrogen and oxygen atoms in total. The topological polar surface area (TPSA) is 145 Å². The van der Waals surface area contributed by atoms with Crippen LogP contribution in [-0.2, 0) is 41.6 Å². The molecule has 14 heteroatoms. The summed E-state index contributed by atoms with van der Waals surface area (Å²) in [6.07, 6.45) is -5.99. The number of azide groups is 1. The average molecular weight is 752 g/mol. The molecule has 1 unspecified atom stereocenters. The third kappa shape index (κ3) is 8.95. The van der Waals surface area contributed by atoms with E-state index < -0.39 is 46.5 Å². The van der Waals surface area contributed by atoms with Crippen LogP contribution in [0, 0.1) is 5.41 Å². The number of benzene rings is 4. The van der Waals surface area contributed by atoms with E-state index in [4.69, 9.17) is 68.6 Å². The average Bonchev–Trinajstić information content (AvgIpc) is 3.46. The predicted molar refractivity (Wildman–Crippen MR) is 192 cm³/mol. The zero-order valence-corrected chi connectivity index (χ0v) is 29.3. The number of hydrogen-bond acceptors (Lipinski definition) is 9. The number of carbonyl (C=O) groups is 1. The van der Waals surface area contributed by atoms with Gasteiger partial charge in [0.1, 0.15) is 24.9 Å². The number of hydrogen-bond donors (Lipinski definition) is 1. The molecule has 0 radical (unpaired) electrons. The largest absolute Gasteiger partial charge is 0.508 e. The Morgan fingerprint density at radius 2 is 1.35 bits per heavy atom. The van der Waals surface area contributed by atoms with Crippen molar-refractivity contribution in [2.45, 2.75) is 53.6 Å². The van der Waals surface area contributed by atoms with Gasteiger partial charge in [0.15, 0.2) is 6.10 Å². The van der Waals surface area contributed by atoms with E-state index >= 15 is 0 Å². The van der Waals surface area contributed by atoms with Crippen molar-refractivity contribution in [3.63, 3.8) is 0 Å². The Morgan fingerprint density at radius 1 is 0.784 bits per heavy atom. The lowest BCUT2D eigenvalue weighted by Gasteiger charge is -2.44. The molecule has 1 saturated heterocycles. The summed E-state index contributed by atoms with van der Waals surface area (Å²) >= 11 is 17.8. The SMILES string of the molecule is [N-]=[N+]=N[C@H]1C(OC(=N)C(Cl)(Cl)Cl)O[C@H](COCc2ccccc2)[C@@H](OC(=O)OCC2c3ccccc3-c3ccccc32)[C@@H]1OCc1ccccc1. The van der Waals surface area contributed by atoms with Crippen LogP contribution >= 0.6 is 34.8 Å². The van der Waals surface area contributed by atoms with Crippen LogP contribution in [0.25, 0.3) is 21.6 Å². The van der Waals surface area contributed by atoms with Gasteiger partial charge in [-0.15, -0.1) is 0 Å². The fourth-order valence-electron chi connectivity index (χ4n) is 6.19. The third-order valence-electron chi connectivity index (χ3n) is 8.53. The molecule has 0 aromatic heterocycles. The van der Waals surface area contributed by atoms with E-state index in [1.54, 1.807) is 0 Å². The molecule has 0 bridgehead atoms. The standard InChI is InChI=1S/C37H33Cl3N4O7/c38-37(39,40)35(41)51-34-31(43-44-42)33(47-20-24-13-5-2-6-14-24)32(30(49-34)22-46-19-23-11-3-1-4-12-23)50-36(45)48-21-29-27-17-9-7-15-25(27)26-16-8-10-18-28(26)29/h1-18,29-34,41H,19-22H2/t30-,31-,32-,33-,34?/m1/s1. The number of nitrogens with one attached hydrogen (secondary N) is 1. The number of fused-ring (bicyclic) bond motifs is 3. The van der Waals surface area contributed by atoms with E-state index in [9.17, 15) is 10.3 Å². The summed E-state index contributed by atoms with van der Waals surface area (Å²) in [5, 5.41) is 12.1. The van der Waals surface area contributed by atoms with Gasteiger partial charge in [-0.2, -0.15) is 0 Å². The number of rotatable bonds is 12. The van der Waals surface area contributed by atoms with Gasteiger partial charge in [0.05, 0.1) is 19.8 Å². The summed E-state index contributed by atoms with van der Waals surface area (Å²) in [5.74, 6) is -0.998. The summed E-state index contributed by atoms with van der Waals surface area (Å²) in [7, 11) is 0. The summed E-state index contributed by atoms with van der Waals surface area (Å²) in [6, 6.07) is 33.3. The van der Waals surface area contributed by atoms with Gasteiger partial charge in [0.2, 0.25) is 12.2 Å². The van der Waals surface area contributed by atoms with Crippen LogP contribution in [0.2, 0.25) is 0 Å². The van der Waals surface area contributed by atoms with Crippen molar-refractivity contribution in [2.75, 3.05) is 13.2 Å². The van der Waals surface area contributed by atoms with Crippen molar-refractivity contribution in [2.24, 2.45) is 5.11 Å². The molecule has 5 atom stereocenters. The Labute approximate surface area is 309 Å². The first-order valence-electron chi connectivity index (χ1n) is 16.0. The Bertz CT molecular complexity index is 1810. The van der Waals surface area contributed by atoms with E-state index in [1.165, 1.54) is 0 Å². The van der Waals surface area contributed by atoms with Gasteiger partial charge < -0.3 is 28.4 Å². The number of alkyl halides is 3. The molecule has 4 aromatic carbocycles. The Balaban J connectivity index is 1.27. The number of carbonyl (C=O) groups excluding carboxylic acids is 1. The van der Waals surface area contributed by atoms with Crippen molar-refractivity contribution < 1.29 is 33.2 Å². The highest BCUT2D eigenvalue weighted by Crippen LogP contribution is 2.44. The maximum absolute atomic E-state index is 13.6. The molecular weight excluding hydrogens is 719 g/mol. The second-order valence-corrected chi connectivity index (χ2v) is 14.1. The second-order valence-electron chi connectivity index (χ2n) is 11.8. The van der Waals surface area contributed by atoms with Crippen LogP contribution < -0.4 is 0 Å². The highest BCUT2D eigenvalue weighted by atomic mass is 35.6. The minimum Gasteiger partial charge on any atom is -0.448 e. The first-order chi connectivity index (χ1) is 24.7. The van der Waals surface area contributed by atoms with E-state index in [-0.39, 0.29) is 32.3 Å². The number of nitrogens with zero attached hydrogens (tertiary/aromatic N) is 3. The van der Waals surface area contributed by atoms with Crippen molar-refractivity contribution >= 4 is 46.9 Å². The maximum atomic E-state index is 13.6. The van der Waals surface area contributed by atoms with Crippen LogP contribution in [0.15, 0.2) is 114 Å². The van der Waals surface area contributed by atoms with Gasteiger partial charge in [-0.05, 0) is 38.9 Å². The van der Waals surface area contributed by atoms with Crippen molar-refractivity contribution in [1.29, 1.82) is 5.41 Å². The highest BCUT2D eigenvalue weighted by molar-refractivity contribution is 6.76. The minimum absolute atomic E-state index is 0.00290. The highest BCUT2D eigenvalue weighted by Gasteiger charge is 2.51. The molecule has 0 spiro atoms. The zero-order chi connectivity index (χ0) is 35.8. The van der Waals surface area contributed by atoms with Crippen LogP contribution in [0.1, 0.15) is 28.2 Å². The number of halogens is 3. The summed E-state index contributed by atoms with van der Waals surface area (Å²) in [5.41, 5.74) is 15.5. The summed E-state index contributed by atoms with van der Waals surface area (Å²) in [4.78, 5) is 16.6.